The van der Waals surface area contributed by atoms with Gasteiger partial charge in [0, 0.05) is 25.7 Å². The summed E-state index contributed by atoms with van der Waals surface area (Å²) < 4.78 is 68.0. The molecule has 3 unspecified atom stereocenters. The smallest absolute Gasteiger partial charge is 0.462 e. The number of aliphatic hydroxyl groups excluding tert-OH is 1. The normalized spacial score (nSPS) is 14.4. The molecule has 0 heterocycles. The minimum Gasteiger partial charge on any atom is -0.462 e. The molecular weight excluding hydrogens is 1160 g/mol. The molecule has 522 valence electrons. The molecule has 3 N–H and O–H groups in total. The van der Waals surface area contributed by atoms with Gasteiger partial charge in [0.2, 0.25) is 0 Å². The molecule has 0 radical (unpaired) electrons. The molecule has 0 aliphatic carbocycles. The van der Waals surface area contributed by atoms with Crippen LogP contribution in [0, 0.1) is 5.92 Å². The molecule has 6 atom stereocenters. The van der Waals surface area contributed by atoms with Gasteiger partial charge >= 0.3 is 39.5 Å². The lowest BCUT2D eigenvalue weighted by Gasteiger charge is -2.21. The Kier molecular flexibility index (Phi) is 61.1. The topological polar surface area (TPSA) is 237 Å². The molecule has 0 saturated heterocycles. The van der Waals surface area contributed by atoms with E-state index in [1.54, 1.807) is 0 Å². The largest absolute Gasteiger partial charge is 0.472 e. The highest BCUT2D eigenvalue weighted by Crippen LogP contribution is 2.45. The van der Waals surface area contributed by atoms with Crippen LogP contribution in [0.4, 0.5) is 0 Å². The summed E-state index contributed by atoms with van der Waals surface area (Å²) in [5.74, 6) is -1.36. The summed E-state index contributed by atoms with van der Waals surface area (Å²) in [5, 5.41) is 10.5. The molecule has 0 aromatic carbocycles. The lowest BCUT2D eigenvalue weighted by Crippen LogP contribution is -2.30. The molecule has 0 fully saturated rings. The van der Waals surface area contributed by atoms with E-state index in [4.69, 9.17) is 37.0 Å². The average molecular weight is 1300 g/mol. The van der Waals surface area contributed by atoms with E-state index in [1.165, 1.54) is 161 Å². The van der Waals surface area contributed by atoms with Gasteiger partial charge in [0.25, 0.3) is 0 Å². The first-order valence-electron chi connectivity index (χ1n) is 36.2. The van der Waals surface area contributed by atoms with Crippen molar-refractivity contribution >= 4 is 39.5 Å². The summed E-state index contributed by atoms with van der Waals surface area (Å²) >= 11 is 0. The first kappa shape index (κ1) is 86.1. The zero-order chi connectivity index (χ0) is 64.9. The molecule has 0 aromatic rings. The number of hydrogen-bond donors (Lipinski definition) is 3. The summed E-state index contributed by atoms with van der Waals surface area (Å²) in [6.45, 7) is 7.16. The van der Waals surface area contributed by atoms with Gasteiger partial charge in [-0.25, -0.2) is 9.13 Å². The van der Waals surface area contributed by atoms with Crippen LogP contribution in [0.3, 0.4) is 0 Å². The highest BCUT2D eigenvalue weighted by molar-refractivity contribution is 7.47. The molecule has 0 bridgehead atoms. The quantitative estimate of drug-likeness (QED) is 0.0222. The Hall–Kier alpha value is -1.94. The predicted molar refractivity (Wildman–Crippen MR) is 354 cm³/mol. The molecule has 88 heavy (non-hydrogen) atoms. The van der Waals surface area contributed by atoms with Gasteiger partial charge in [-0.05, 0) is 31.6 Å². The summed E-state index contributed by atoms with van der Waals surface area (Å²) in [7, 11) is -9.89. The number of carbonyl (C=O) groups excluding carboxylic acids is 4. The van der Waals surface area contributed by atoms with Crippen LogP contribution in [0.2, 0.25) is 0 Å². The van der Waals surface area contributed by atoms with Crippen LogP contribution in [0.1, 0.15) is 356 Å². The van der Waals surface area contributed by atoms with Gasteiger partial charge in [-0.15, -0.1) is 0 Å². The van der Waals surface area contributed by atoms with E-state index in [-0.39, 0.29) is 25.7 Å². The van der Waals surface area contributed by atoms with Crippen molar-refractivity contribution in [2.24, 2.45) is 5.92 Å². The van der Waals surface area contributed by atoms with Crippen molar-refractivity contribution < 1.29 is 80.2 Å². The van der Waals surface area contributed by atoms with Crippen LogP contribution in [-0.2, 0) is 65.4 Å². The van der Waals surface area contributed by atoms with Crippen molar-refractivity contribution in [3.05, 3.63) is 0 Å². The number of aliphatic hydroxyl groups is 1. The number of hydrogen-bond acceptors (Lipinski definition) is 15. The Morgan fingerprint density at radius 1 is 0.318 bits per heavy atom. The van der Waals surface area contributed by atoms with Crippen LogP contribution >= 0.6 is 15.6 Å². The van der Waals surface area contributed by atoms with Crippen LogP contribution in [0.5, 0.6) is 0 Å². The van der Waals surface area contributed by atoms with E-state index in [2.05, 4.69) is 34.6 Å². The fraction of sp³-hybridized carbons (Fsp3) is 0.942. The van der Waals surface area contributed by atoms with Crippen LogP contribution in [0.25, 0.3) is 0 Å². The van der Waals surface area contributed by atoms with Crippen molar-refractivity contribution in [3.63, 3.8) is 0 Å². The maximum absolute atomic E-state index is 13.0. The zero-order valence-electron chi connectivity index (χ0n) is 56.9. The first-order chi connectivity index (χ1) is 42.6. The molecule has 0 saturated carbocycles. The minimum atomic E-state index is -4.95. The number of esters is 4. The third-order valence-corrected chi connectivity index (χ3v) is 18.3. The summed E-state index contributed by atoms with van der Waals surface area (Å²) in [4.78, 5) is 72.2. The molecule has 17 nitrogen and oxygen atoms in total. The Morgan fingerprint density at radius 2 is 0.545 bits per heavy atom. The van der Waals surface area contributed by atoms with E-state index in [9.17, 15) is 43.2 Å². The maximum Gasteiger partial charge on any atom is 0.472 e. The minimum absolute atomic E-state index is 0.105. The van der Waals surface area contributed by atoms with Gasteiger partial charge in [0.15, 0.2) is 12.2 Å². The summed E-state index contributed by atoms with van der Waals surface area (Å²) in [6, 6.07) is 0. The third-order valence-electron chi connectivity index (χ3n) is 16.4. The third kappa shape index (κ3) is 61.6. The maximum atomic E-state index is 13.0. The van der Waals surface area contributed by atoms with E-state index in [1.807, 2.05) is 0 Å². The van der Waals surface area contributed by atoms with Gasteiger partial charge in [0.1, 0.15) is 19.3 Å². The molecule has 0 aromatic heterocycles. The zero-order valence-corrected chi connectivity index (χ0v) is 58.6. The highest BCUT2D eigenvalue weighted by atomic mass is 31.2. The van der Waals surface area contributed by atoms with Gasteiger partial charge < -0.3 is 33.8 Å². The molecule has 19 heteroatoms. The second-order valence-electron chi connectivity index (χ2n) is 25.2. The number of ether oxygens (including phenoxy) is 4. The van der Waals surface area contributed by atoms with Gasteiger partial charge in [-0.1, -0.05) is 304 Å². The number of unbranched alkanes of at least 4 members (excludes halogenated alkanes) is 40. The SMILES string of the molecule is CCCCCCCCCCCCCCCCCCCCCCCC(=O)O[C@H](COC(=O)CCCCCCCCCCC(C)CC)COP(=O)(O)OC[C@@H](O)COP(=O)(O)OC[C@@H](COC(=O)CCCCCCCCC)OC(=O)CCCCCCCCCC. The van der Waals surface area contributed by atoms with Crippen molar-refractivity contribution in [1.82, 2.24) is 0 Å². The van der Waals surface area contributed by atoms with Crippen molar-refractivity contribution in [2.75, 3.05) is 39.6 Å². The monoisotopic (exact) mass is 1300 g/mol. The standard InChI is InChI=1S/C69H134O17P2/c1-6-10-13-16-19-21-22-23-24-25-26-27-28-29-30-31-32-33-40-45-50-55-69(74)86-65(59-80-67(72)53-48-43-39-35-34-37-41-46-51-62(5)9-4)61-84-88(77,78)82-57-63(70)56-81-87(75,76)83-60-64(58-79-66(71)52-47-42-36-18-15-12-8-3)85-68(73)54-49-44-38-20-17-14-11-7-2/h62-65,70H,6-61H2,1-5H3,(H,75,76)(H,77,78)/t62?,63-,64+,65+/m0/s1. The number of rotatable bonds is 69. The van der Waals surface area contributed by atoms with Crippen LogP contribution in [0.15, 0.2) is 0 Å². The molecule has 0 aliphatic rings. The fourth-order valence-electron chi connectivity index (χ4n) is 10.4. The van der Waals surface area contributed by atoms with Crippen molar-refractivity contribution in [3.8, 4) is 0 Å². The summed E-state index contributed by atoms with van der Waals surface area (Å²) in [6.07, 6.45) is 48.9. The lowest BCUT2D eigenvalue weighted by molar-refractivity contribution is -0.161. The summed E-state index contributed by atoms with van der Waals surface area (Å²) in [5.41, 5.74) is 0. The second-order valence-corrected chi connectivity index (χ2v) is 28.1. The second kappa shape index (κ2) is 62.5. The van der Waals surface area contributed by atoms with Crippen molar-refractivity contribution in [1.29, 1.82) is 0 Å². The molecular formula is C69H134O17P2. The number of phosphoric acid groups is 2. The van der Waals surface area contributed by atoms with Crippen LogP contribution < -0.4 is 0 Å². The van der Waals surface area contributed by atoms with Crippen molar-refractivity contribution in [2.45, 2.75) is 374 Å². The van der Waals surface area contributed by atoms with E-state index in [0.717, 1.165) is 115 Å². The Morgan fingerprint density at radius 3 is 0.807 bits per heavy atom. The average Bonchev–Trinajstić information content (AvgIpc) is 3.68. The Labute approximate surface area is 537 Å². The number of phosphoric ester groups is 2. The predicted octanol–water partition coefficient (Wildman–Crippen LogP) is 19.7. The lowest BCUT2D eigenvalue weighted by atomic mass is 9.99. The number of carbonyl (C=O) groups is 4. The fourth-order valence-corrected chi connectivity index (χ4v) is 12.0. The van der Waals surface area contributed by atoms with Gasteiger partial charge in [-0.2, -0.15) is 0 Å². The van der Waals surface area contributed by atoms with E-state index >= 15 is 0 Å². The Balaban J connectivity index is 5.12. The first-order valence-corrected chi connectivity index (χ1v) is 39.2. The Bertz CT molecular complexity index is 1710. The molecule has 0 amide bonds. The molecule has 0 rings (SSSR count). The van der Waals surface area contributed by atoms with E-state index < -0.39 is 97.5 Å². The molecule has 0 spiro atoms. The van der Waals surface area contributed by atoms with Crippen LogP contribution in [-0.4, -0.2) is 96.7 Å². The van der Waals surface area contributed by atoms with Gasteiger partial charge in [0.05, 0.1) is 26.4 Å². The van der Waals surface area contributed by atoms with Gasteiger partial charge in [-0.3, -0.25) is 37.3 Å². The van der Waals surface area contributed by atoms with E-state index in [0.29, 0.717) is 25.7 Å². The molecule has 0 aliphatic heterocycles. The highest BCUT2D eigenvalue weighted by Gasteiger charge is 2.30.